The van der Waals surface area contributed by atoms with Gasteiger partial charge in [-0.3, -0.25) is 4.79 Å². The maximum absolute atomic E-state index is 11.0. The second kappa shape index (κ2) is 4.85. The van der Waals surface area contributed by atoms with Gasteiger partial charge >= 0.3 is 0 Å². The van der Waals surface area contributed by atoms with Gasteiger partial charge in [-0.1, -0.05) is 29.3 Å². The Morgan fingerprint density at radius 2 is 1.77 bits per heavy atom. The van der Waals surface area contributed by atoms with Gasteiger partial charge in [0, 0.05) is 16.5 Å². The summed E-state index contributed by atoms with van der Waals surface area (Å²) < 4.78 is 0. The minimum absolute atomic E-state index is 0.0123. The lowest BCUT2D eigenvalue weighted by Gasteiger charge is -2.03. The molecule has 0 atom stereocenters. The summed E-state index contributed by atoms with van der Waals surface area (Å²) in [6, 6.07) is 5.13. The first-order valence-electron chi connectivity index (χ1n) is 3.65. The van der Waals surface area contributed by atoms with Crippen molar-refractivity contribution in [2.45, 2.75) is 6.42 Å². The number of hydrogen-bond donors (Lipinski definition) is 0. The number of hydrogen-bond acceptors (Lipinski definition) is 1. The Hall–Kier alpha value is -0.240. The van der Waals surface area contributed by atoms with Gasteiger partial charge in [-0.05, 0) is 17.7 Å². The molecule has 0 aliphatic heterocycles. The van der Waals surface area contributed by atoms with Crippen LogP contribution < -0.4 is 0 Å². The SMILES string of the molecule is O=C(CCl)Cc1c(Cl)cccc1Cl. The summed E-state index contributed by atoms with van der Waals surface area (Å²) in [5.41, 5.74) is 0.650. The van der Waals surface area contributed by atoms with E-state index in [-0.39, 0.29) is 18.1 Å². The summed E-state index contributed by atoms with van der Waals surface area (Å²) in [5.74, 6) is -0.0988. The van der Waals surface area contributed by atoms with Gasteiger partial charge in [0.15, 0.2) is 5.78 Å². The zero-order valence-electron chi connectivity index (χ0n) is 6.69. The van der Waals surface area contributed by atoms with Gasteiger partial charge in [-0.15, -0.1) is 11.6 Å². The van der Waals surface area contributed by atoms with Gasteiger partial charge in [0.2, 0.25) is 0 Å². The lowest BCUT2D eigenvalue weighted by molar-refractivity contribution is -0.116. The van der Waals surface area contributed by atoms with Crippen molar-refractivity contribution in [3.8, 4) is 0 Å². The van der Waals surface area contributed by atoms with Crippen LogP contribution in [0.2, 0.25) is 10.0 Å². The molecule has 0 saturated heterocycles. The van der Waals surface area contributed by atoms with E-state index in [9.17, 15) is 4.79 Å². The van der Waals surface area contributed by atoms with E-state index in [1.54, 1.807) is 18.2 Å². The number of rotatable bonds is 3. The summed E-state index contributed by atoms with van der Waals surface area (Å²) in [5, 5.41) is 1.01. The Morgan fingerprint density at radius 1 is 1.23 bits per heavy atom. The number of Topliss-reactive ketones (excluding diaryl/α,β-unsaturated/α-hetero) is 1. The predicted molar refractivity (Wildman–Crippen MR) is 55.9 cm³/mol. The van der Waals surface area contributed by atoms with Crippen LogP contribution in [0.4, 0.5) is 0 Å². The van der Waals surface area contributed by atoms with Crippen molar-refractivity contribution in [1.29, 1.82) is 0 Å². The fraction of sp³-hybridized carbons (Fsp3) is 0.222. The molecule has 13 heavy (non-hydrogen) atoms. The Kier molecular flexibility index (Phi) is 4.04. The lowest BCUT2D eigenvalue weighted by atomic mass is 10.1. The summed E-state index contributed by atoms with van der Waals surface area (Å²) >= 11 is 17.1. The Morgan fingerprint density at radius 3 is 2.23 bits per heavy atom. The van der Waals surface area contributed by atoms with Crippen LogP contribution in [0, 0.1) is 0 Å². The van der Waals surface area contributed by atoms with Crippen LogP contribution in [0.3, 0.4) is 0 Å². The highest BCUT2D eigenvalue weighted by Gasteiger charge is 2.09. The lowest BCUT2D eigenvalue weighted by Crippen LogP contribution is -2.04. The smallest absolute Gasteiger partial charge is 0.152 e. The van der Waals surface area contributed by atoms with Gasteiger partial charge < -0.3 is 0 Å². The fourth-order valence-electron chi connectivity index (χ4n) is 0.946. The van der Waals surface area contributed by atoms with Crippen molar-refractivity contribution in [2.75, 3.05) is 5.88 Å². The Labute approximate surface area is 91.6 Å². The van der Waals surface area contributed by atoms with E-state index >= 15 is 0 Å². The predicted octanol–water partition coefficient (Wildman–Crippen LogP) is 3.34. The van der Waals surface area contributed by atoms with Crippen molar-refractivity contribution < 1.29 is 4.79 Å². The van der Waals surface area contributed by atoms with Crippen LogP contribution in [0.15, 0.2) is 18.2 Å². The quantitative estimate of drug-likeness (QED) is 0.737. The first-order chi connectivity index (χ1) is 6.15. The molecular formula is C9H7Cl3O. The van der Waals surface area contributed by atoms with E-state index in [0.717, 1.165) is 0 Å². The number of alkyl halides is 1. The number of ketones is 1. The number of carbonyl (C=O) groups excluding carboxylic acids is 1. The minimum Gasteiger partial charge on any atom is -0.298 e. The molecule has 0 bridgehead atoms. The molecule has 0 amide bonds. The third-order valence-corrected chi connectivity index (χ3v) is 2.59. The topological polar surface area (TPSA) is 17.1 Å². The molecule has 0 radical (unpaired) electrons. The van der Waals surface area contributed by atoms with E-state index in [0.29, 0.717) is 15.6 Å². The summed E-state index contributed by atoms with van der Waals surface area (Å²) in [6.07, 6.45) is 0.196. The summed E-state index contributed by atoms with van der Waals surface area (Å²) in [7, 11) is 0. The number of benzene rings is 1. The van der Waals surface area contributed by atoms with Crippen molar-refractivity contribution >= 4 is 40.6 Å². The molecule has 0 aliphatic rings. The molecule has 1 nitrogen and oxygen atoms in total. The highest BCUT2D eigenvalue weighted by atomic mass is 35.5. The first kappa shape index (κ1) is 10.8. The van der Waals surface area contributed by atoms with Crippen LogP contribution >= 0.6 is 34.8 Å². The molecular weight excluding hydrogens is 230 g/mol. The van der Waals surface area contributed by atoms with Gasteiger partial charge in [0.05, 0.1) is 5.88 Å². The average molecular weight is 238 g/mol. The highest BCUT2D eigenvalue weighted by molar-refractivity contribution is 6.36. The monoisotopic (exact) mass is 236 g/mol. The van der Waals surface area contributed by atoms with Crippen LogP contribution in [-0.2, 0) is 11.2 Å². The molecule has 0 aliphatic carbocycles. The average Bonchev–Trinajstić information content (AvgIpc) is 2.11. The molecule has 0 aromatic heterocycles. The van der Waals surface area contributed by atoms with E-state index in [1.807, 2.05) is 0 Å². The van der Waals surface area contributed by atoms with Crippen molar-refractivity contribution in [3.05, 3.63) is 33.8 Å². The summed E-state index contributed by atoms with van der Waals surface area (Å²) in [6.45, 7) is 0. The fourth-order valence-corrected chi connectivity index (χ4v) is 1.57. The Bertz CT molecular complexity index is 302. The molecule has 1 aromatic carbocycles. The molecule has 0 N–H and O–H groups in total. The van der Waals surface area contributed by atoms with Crippen molar-refractivity contribution in [3.63, 3.8) is 0 Å². The zero-order chi connectivity index (χ0) is 9.84. The van der Waals surface area contributed by atoms with Crippen molar-refractivity contribution in [2.24, 2.45) is 0 Å². The van der Waals surface area contributed by atoms with Crippen molar-refractivity contribution in [1.82, 2.24) is 0 Å². The second-order valence-corrected chi connectivity index (χ2v) is 3.63. The molecule has 0 spiro atoms. The normalized spacial score (nSPS) is 10.1. The molecule has 0 fully saturated rings. The third kappa shape index (κ3) is 2.87. The zero-order valence-corrected chi connectivity index (χ0v) is 8.96. The minimum atomic E-state index is -0.0864. The third-order valence-electron chi connectivity index (χ3n) is 1.58. The van der Waals surface area contributed by atoms with E-state index < -0.39 is 0 Å². The van der Waals surface area contributed by atoms with Gasteiger partial charge in [-0.2, -0.15) is 0 Å². The van der Waals surface area contributed by atoms with Gasteiger partial charge in [0.1, 0.15) is 0 Å². The molecule has 70 valence electrons. The molecule has 0 saturated carbocycles. The molecule has 1 rings (SSSR count). The second-order valence-electron chi connectivity index (χ2n) is 2.55. The summed E-state index contributed by atoms with van der Waals surface area (Å²) in [4.78, 5) is 11.0. The standard InChI is InChI=1S/C9H7Cl3O/c10-5-6(13)4-7-8(11)2-1-3-9(7)12/h1-3H,4-5H2. The molecule has 0 unspecified atom stereocenters. The first-order valence-corrected chi connectivity index (χ1v) is 4.94. The van der Waals surface area contributed by atoms with E-state index in [1.165, 1.54) is 0 Å². The highest BCUT2D eigenvalue weighted by Crippen LogP contribution is 2.24. The molecule has 1 aromatic rings. The number of carbonyl (C=O) groups is 1. The van der Waals surface area contributed by atoms with Crippen LogP contribution in [0.5, 0.6) is 0 Å². The van der Waals surface area contributed by atoms with Crippen LogP contribution in [-0.4, -0.2) is 11.7 Å². The number of halogens is 3. The molecule has 0 heterocycles. The Balaban J connectivity index is 2.93. The largest absolute Gasteiger partial charge is 0.298 e. The maximum atomic E-state index is 11.0. The van der Waals surface area contributed by atoms with E-state index in [2.05, 4.69) is 0 Å². The van der Waals surface area contributed by atoms with Crippen LogP contribution in [0.25, 0.3) is 0 Å². The van der Waals surface area contributed by atoms with Crippen LogP contribution in [0.1, 0.15) is 5.56 Å². The molecule has 4 heteroatoms. The maximum Gasteiger partial charge on any atom is 0.152 e. The van der Waals surface area contributed by atoms with Gasteiger partial charge in [-0.25, -0.2) is 0 Å². The van der Waals surface area contributed by atoms with Gasteiger partial charge in [0.25, 0.3) is 0 Å². The van der Waals surface area contributed by atoms with E-state index in [4.69, 9.17) is 34.8 Å².